The van der Waals surface area contributed by atoms with Gasteiger partial charge in [0.2, 0.25) is 5.24 Å². The summed E-state index contributed by atoms with van der Waals surface area (Å²) in [5.74, 6) is -0.0435. The van der Waals surface area contributed by atoms with Crippen LogP contribution in [0.5, 0.6) is 0 Å². The van der Waals surface area contributed by atoms with Crippen molar-refractivity contribution in [3.63, 3.8) is 0 Å². The van der Waals surface area contributed by atoms with E-state index in [1.165, 1.54) is 0 Å². The number of aryl methyl sites for hydroxylation is 4. The molecule has 4 aliphatic heterocycles. The molecule has 0 atom stereocenters. The number of amides is 2. The Hall–Kier alpha value is -3.41. The maximum Gasteiger partial charge on any atom is 0.316 e. The molecule has 2 aromatic carbocycles. The molecule has 0 bridgehead atoms. The van der Waals surface area contributed by atoms with Gasteiger partial charge in [-0.05, 0) is 195 Å². The lowest BCUT2D eigenvalue weighted by Gasteiger charge is -2.43. The van der Waals surface area contributed by atoms with Gasteiger partial charge in [-0.15, -0.1) is 0 Å². The van der Waals surface area contributed by atoms with Crippen molar-refractivity contribution >= 4 is 69.0 Å². The molecule has 2 saturated carbocycles. The zero-order valence-corrected chi connectivity index (χ0v) is 40.9. The monoisotopic (exact) mass is 926 g/mol. The second-order valence-corrected chi connectivity index (χ2v) is 22.0. The van der Waals surface area contributed by atoms with Crippen molar-refractivity contribution in [3.8, 4) is 0 Å². The molecule has 10 nitrogen and oxygen atoms in total. The molecule has 0 radical (unpaired) electrons. The van der Waals surface area contributed by atoms with E-state index in [2.05, 4.69) is 10.6 Å². The van der Waals surface area contributed by atoms with Gasteiger partial charge in [-0.1, -0.05) is 44.0 Å². The van der Waals surface area contributed by atoms with Crippen LogP contribution in [0.2, 0.25) is 10.0 Å². The Morgan fingerprint density at radius 1 is 0.619 bits per heavy atom. The Balaban J connectivity index is 0.000000185. The van der Waals surface area contributed by atoms with Crippen molar-refractivity contribution in [2.24, 2.45) is 10.8 Å². The zero-order chi connectivity index (χ0) is 46.5. The van der Waals surface area contributed by atoms with Crippen molar-refractivity contribution in [1.82, 2.24) is 10.6 Å². The highest BCUT2D eigenvalue weighted by Crippen LogP contribution is 2.51. The minimum absolute atomic E-state index is 0.0366. The third-order valence-corrected chi connectivity index (χ3v) is 14.8. The highest BCUT2D eigenvalue weighted by atomic mass is 35.5. The van der Waals surface area contributed by atoms with Crippen molar-refractivity contribution in [3.05, 3.63) is 79.2 Å². The molecule has 0 aromatic heterocycles. The van der Waals surface area contributed by atoms with E-state index in [1.807, 2.05) is 72.7 Å². The van der Waals surface area contributed by atoms with Crippen molar-refractivity contribution in [2.75, 3.05) is 13.2 Å². The van der Waals surface area contributed by atoms with E-state index in [-0.39, 0.29) is 45.4 Å². The molecule has 2 aliphatic carbocycles. The summed E-state index contributed by atoms with van der Waals surface area (Å²) >= 11 is 17.5. The fourth-order valence-electron chi connectivity index (χ4n) is 10.1. The van der Waals surface area contributed by atoms with Crippen LogP contribution in [0.4, 0.5) is 0 Å². The summed E-state index contributed by atoms with van der Waals surface area (Å²) in [5, 5.41) is 18.4. The number of carbonyl (C=O) groups is 4. The van der Waals surface area contributed by atoms with Gasteiger partial charge in [-0.3, -0.25) is 19.2 Å². The average molecular weight is 928 g/mol. The Kier molecular flexibility index (Phi) is 14.1. The highest BCUT2D eigenvalue weighted by Gasteiger charge is 2.55. The topological polar surface area (TPSA) is 140 Å². The van der Waals surface area contributed by atoms with E-state index in [9.17, 15) is 24.3 Å². The maximum atomic E-state index is 13.4. The number of benzene rings is 2. The molecule has 63 heavy (non-hydrogen) atoms. The van der Waals surface area contributed by atoms with Crippen molar-refractivity contribution < 1.29 is 38.5 Å². The molecule has 0 unspecified atom stereocenters. The molecule has 2 amide bonds. The number of halogens is 3. The number of aliphatic hydroxyl groups is 1. The van der Waals surface area contributed by atoms with Crippen LogP contribution in [-0.4, -0.2) is 63.6 Å². The third kappa shape index (κ3) is 10.1. The number of hydrogen-bond acceptors (Lipinski definition) is 8. The average Bonchev–Trinajstić information content (AvgIpc) is 3.94. The standard InChI is InChI=1S/C25H32ClNO4.C20H24ClNO3.C5H9ClO/c1-15-13-17(26)14-16(2)18(15)19-20(31-22(29)23(3,4)5)25(27-21(19)28)10-8-24(9-11-25)7-6-12-30-24;1-12-10-14(21)11-13(2)15(12)16-17(23)20(22-18(16)24)7-5-19(6-8-20)4-3-9-25-19;1-5(2,3)4(6)7/h13-14H,6-12H2,1-5H3,(H,27,28);10-11,23H,3-9H2,1-2H3,(H,22,24);1-3H3. The predicted octanol–water partition coefficient (Wildman–Crippen LogP) is 11.3. The predicted molar refractivity (Wildman–Crippen MR) is 249 cm³/mol. The summed E-state index contributed by atoms with van der Waals surface area (Å²) in [6, 6.07) is 7.37. The van der Waals surface area contributed by atoms with Gasteiger partial charge >= 0.3 is 5.97 Å². The molecule has 4 fully saturated rings. The second-order valence-electron chi connectivity index (χ2n) is 20.8. The van der Waals surface area contributed by atoms with Crippen molar-refractivity contribution in [1.29, 1.82) is 0 Å². The maximum absolute atomic E-state index is 13.4. The minimum Gasteiger partial charge on any atom is -0.509 e. The van der Waals surface area contributed by atoms with Gasteiger partial charge in [0, 0.05) is 28.7 Å². The molecule has 2 saturated heterocycles. The van der Waals surface area contributed by atoms with E-state index in [0.717, 1.165) is 111 Å². The van der Waals surface area contributed by atoms with Crippen LogP contribution >= 0.6 is 34.8 Å². The SMILES string of the molecule is CC(C)(C)C(=O)Cl.Cc1cc(Cl)cc(C)c1C1=C(O)C2(CCC3(CCCO3)CC2)NC1=O.Cc1cc(Cl)cc(C)c1C1=C(OC(=O)C(C)(C)C)C2(CCC3(CCCO3)CC2)NC1=O. The van der Waals surface area contributed by atoms with Gasteiger partial charge < -0.3 is 30.0 Å². The quantitative estimate of drug-likeness (QED) is 0.204. The van der Waals surface area contributed by atoms with Crippen LogP contribution < -0.4 is 10.6 Å². The highest BCUT2D eigenvalue weighted by molar-refractivity contribution is 6.64. The number of nitrogens with one attached hydrogen (secondary N) is 2. The van der Waals surface area contributed by atoms with E-state index in [4.69, 9.17) is 49.0 Å². The first-order valence-corrected chi connectivity index (χ1v) is 23.5. The van der Waals surface area contributed by atoms with Crippen molar-refractivity contribution in [2.45, 2.75) is 169 Å². The van der Waals surface area contributed by atoms with Crippen LogP contribution in [0.1, 0.15) is 152 Å². The molecule has 13 heteroatoms. The van der Waals surface area contributed by atoms with Crippen LogP contribution in [-0.2, 0) is 33.4 Å². The summed E-state index contributed by atoms with van der Waals surface area (Å²) in [6.45, 7) is 20.2. The molecule has 3 N–H and O–H groups in total. The van der Waals surface area contributed by atoms with E-state index in [0.29, 0.717) is 39.8 Å². The number of rotatable bonds is 3. The molecular formula is C50H65Cl3N2O8. The van der Waals surface area contributed by atoms with Crippen LogP contribution in [0, 0.1) is 38.5 Å². The Morgan fingerprint density at radius 2 is 0.984 bits per heavy atom. The van der Waals surface area contributed by atoms with Crippen LogP contribution in [0.3, 0.4) is 0 Å². The second kappa shape index (κ2) is 18.1. The molecule has 2 aromatic rings. The lowest BCUT2D eigenvalue weighted by Crippen LogP contribution is -2.52. The third-order valence-electron chi connectivity index (χ3n) is 13.8. The fourth-order valence-corrected chi connectivity index (χ4v) is 10.8. The number of carbonyl (C=O) groups excluding carboxylic acids is 4. The molecular weight excluding hydrogens is 863 g/mol. The van der Waals surface area contributed by atoms with Gasteiger partial charge in [0.25, 0.3) is 11.8 Å². The number of ether oxygens (including phenoxy) is 3. The lowest BCUT2D eigenvalue weighted by molar-refractivity contribution is -0.150. The smallest absolute Gasteiger partial charge is 0.316 e. The number of esters is 1. The Bertz CT molecular complexity index is 2170. The fraction of sp³-hybridized carbons (Fsp3) is 0.600. The van der Waals surface area contributed by atoms with Gasteiger partial charge in [0.15, 0.2) is 0 Å². The molecule has 8 rings (SSSR count). The van der Waals surface area contributed by atoms with Gasteiger partial charge in [-0.25, -0.2) is 0 Å². The summed E-state index contributed by atoms with van der Waals surface area (Å²) in [7, 11) is 0. The van der Waals surface area contributed by atoms with Crippen LogP contribution in [0.15, 0.2) is 35.8 Å². The summed E-state index contributed by atoms with van der Waals surface area (Å²) in [5.41, 5.74) is 3.58. The lowest BCUT2D eigenvalue weighted by atomic mass is 9.72. The normalized spacial score (nSPS) is 28.0. The van der Waals surface area contributed by atoms with Gasteiger partial charge in [-0.2, -0.15) is 0 Å². The van der Waals surface area contributed by atoms with Gasteiger partial charge in [0.05, 0.1) is 38.8 Å². The van der Waals surface area contributed by atoms with E-state index in [1.54, 1.807) is 20.8 Å². The Labute approximate surface area is 388 Å². The summed E-state index contributed by atoms with van der Waals surface area (Å²) in [6.07, 6.45) is 10.6. The Morgan fingerprint density at radius 3 is 1.35 bits per heavy atom. The largest absolute Gasteiger partial charge is 0.509 e. The molecule has 4 spiro atoms. The summed E-state index contributed by atoms with van der Waals surface area (Å²) < 4.78 is 18.2. The van der Waals surface area contributed by atoms with E-state index < -0.39 is 16.5 Å². The zero-order valence-electron chi connectivity index (χ0n) is 38.6. The number of hydrogen-bond donors (Lipinski definition) is 3. The first kappa shape index (κ1) is 49.0. The first-order chi connectivity index (χ1) is 29.3. The molecule has 6 aliphatic rings. The molecule has 4 heterocycles. The molecule has 344 valence electrons. The van der Waals surface area contributed by atoms with Gasteiger partial charge in [0.1, 0.15) is 11.5 Å². The van der Waals surface area contributed by atoms with Crippen LogP contribution in [0.25, 0.3) is 11.1 Å². The summed E-state index contributed by atoms with van der Waals surface area (Å²) in [4.78, 5) is 49.3. The van der Waals surface area contributed by atoms with E-state index >= 15 is 0 Å². The minimum atomic E-state index is -0.681. The number of aliphatic hydroxyl groups excluding tert-OH is 1. The first-order valence-electron chi connectivity index (χ1n) is 22.3.